The van der Waals surface area contributed by atoms with Crippen LogP contribution in [0.1, 0.15) is 22.3 Å². The highest BCUT2D eigenvalue weighted by Gasteiger charge is 2.09. The van der Waals surface area contributed by atoms with Crippen LogP contribution in [-0.2, 0) is 4.79 Å². The van der Waals surface area contributed by atoms with Gasteiger partial charge >= 0.3 is 0 Å². The van der Waals surface area contributed by atoms with E-state index in [1.54, 1.807) is 6.21 Å². The van der Waals surface area contributed by atoms with Crippen molar-refractivity contribution in [3.05, 3.63) is 89.0 Å². The van der Waals surface area contributed by atoms with Crippen LogP contribution in [0.4, 0.5) is 0 Å². The summed E-state index contributed by atoms with van der Waals surface area (Å²) in [5, 5.41) is 8.67. The highest BCUT2D eigenvalue weighted by molar-refractivity contribution is 6.13. The lowest BCUT2D eigenvalue weighted by Crippen LogP contribution is -2.25. The minimum Gasteiger partial charge on any atom is -0.483 e. The molecule has 0 aliphatic heterocycles. The van der Waals surface area contributed by atoms with E-state index in [9.17, 15) is 4.79 Å². The van der Waals surface area contributed by atoms with Crippen LogP contribution in [-0.4, -0.2) is 18.7 Å². The Balaban J connectivity index is 1.53. The molecule has 150 valence electrons. The topological polar surface area (TPSA) is 50.7 Å². The summed E-state index contributed by atoms with van der Waals surface area (Å²) in [7, 11) is 0. The Morgan fingerprint density at radius 3 is 2.17 bits per heavy atom. The summed E-state index contributed by atoms with van der Waals surface area (Å²) >= 11 is 0. The van der Waals surface area contributed by atoms with Gasteiger partial charge in [-0.05, 0) is 65.1 Å². The molecule has 30 heavy (non-hydrogen) atoms. The zero-order valence-corrected chi connectivity index (χ0v) is 17.4. The SMILES string of the molecule is Cc1ccc(C)c(OCC(=O)N/N=C\c2c3ccccc3cc3ccccc23)c1C. The number of aryl methyl sites for hydroxylation is 2. The first-order valence-electron chi connectivity index (χ1n) is 9.96. The second-order valence-corrected chi connectivity index (χ2v) is 7.47. The number of hydrogen-bond donors (Lipinski definition) is 1. The number of rotatable bonds is 5. The van der Waals surface area contributed by atoms with Crippen LogP contribution >= 0.6 is 0 Å². The van der Waals surface area contributed by atoms with Gasteiger partial charge in [-0.3, -0.25) is 4.79 Å². The number of fused-ring (bicyclic) bond motifs is 2. The lowest BCUT2D eigenvalue weighted by atomic mass is 9.97. The number of nitrogens with one attached hydrogen (secondary N) is 1. The smallest absolute Gasteiger partial charge is 0.277 e. The van der Waals surface area contributed by atoms with E-state index in [1.165, 1.54) is 0 Å². The molecule has 0 aliphatic carbocycles. The second-order valence-electron chi connectivity index (χ2n) is 7.47. The maximum atomic E-state index is 12.3. The minimum absolute atomic E-state index is 0.0846. The number of benzene rings is 4. The molecule has 4 nitrogen and oxygen atoms in total. The highest BCUT2D eigenvalue weighted by atomic mass is 16.5. The molecule has 1 N–H and O–H groups in total. The van der Waals surface area contributed by atoms with Gasteiger partial charge in [-0.1, -0.05) is 60.7 Å². The van der Waals surface area contributed by atoms with Crippen LogP contribution in [0.15, 0.2) is 71.8 Å². The van der Waals surface area contributed by atoms with Crippen LogP contribution in [0.2, 0.25) is 0 Å². The third-order valence-corrected chi connectivity index (χ3v) is 5.42. The average Bonchev–Trinajstić information content (AvgIpc) is 2.76. The number of hydrazone groups is 1. The van der Waals surface area contributed by atoms with E-state index in [1.807, 2.05) is 51.1 Å². The van der Waals surface area contributed by atoms with E-state index in [4.69, 9.17) is 4.74 Å². The van der Waals surface area contributed by atoms with Gasteiger partial charge in [-0.25, -0.2) is 5.43 Å². The van der Waals surface area contributed by atoms with E-state index in [0.29, 0.717) is 0 Å². The molecule has 0 spiro atoms. The average molecular weight is 396 g/mol. The number of nitrogens with zero attached hydrogens (tertiary/aromatic N) is 1. The van der Waals surface area contributed by atoms with Gasteiger partial charge in [0.05, 0.1) is 6.21 Å². The fraction of sp³-hybridized carbons (Fsp3) is 0.154. The van der Waals surface area contributed by atoms with Gasteiger partial charge in [-0.2, -0.15) is 5.10 Å². The zero-order valence-electron chi connectivity index (χ0n) is 17.4. The van der Waals surface area contributed by atoms with Gasteiger partial charge < -0.3 is 4.74 Å². The van der Waals surface area contributed by atoms with Crippen molar-refractivity contribution < 1.29 is 9.53 Å². The molecule has 4 aromatic carbocycles. The largest absolute Gasteiger partial charge is 0.483 e. The summed E-state index contributed by atoms with van der Waals surface area (Å²) in [6, 6.07) is 22.6. The Kier molecular flexibility index (Phi) is 5.48. The molecular formula is C26H24N2O2. The fourth-order valence-corrected chi connectivity index (χ4v) is 3.67. The molecule has 0 unspecified atom stereocenters. The van der Waals surface area contributed by atoms with Crippen molar-refractivity contribution in [2.75, 3.05) is 6.61 Å². The monoisotopic (exact) mass is 396 g/mol. The molecular weight excluding hydrogens is 372 g/mol. The Morgan fingerprint density at radius 1 is 0.900 bits per heavy atom. The Bertz CT molecular complexity index is 1220. The molecule has 0 radical (unpaired) electrons. The molecule has 0 saturated carbocycles. The first-order valence-corrected chi connectivity index (χ1v) is 9.96. The van der Waals surface area contributed by atoms with Gasteiger partial charge in [0.1, 0.15) is 5.75 Å². The standard InChI is InChI=1S/C26H24N2O2/c1-17-12-13-18(2)26(19(17)3)30-16-25(29)28-27-15-24-22-10-6-4-8-20(22)14-21-9-5-7-11-23(21)24/h4-15H,16H2,1-3H3,(H,28,29)/b27-15-. The minimum atomic E-state index is -0.295. The van der Waals surface area contributed by atoms with E-state index >= 15 is 0 Å². The van der Waals surface area contributed by atoms with Gasteiger partial charge in [-0.15, -0.1) is 0 Å². The first kappa shape index (κ1) is 19.6. The molecule has 4 heteroatoms. The Labute approximate surface area is 176 Å². The Morgan fingerprint density at radius 2 is 1.50 bits per heavy atom. The lowest BCUT2D eigenvalue weighted by Gasteiger charge is -2.13. The Hall–Kier alpha value is -3.66. The molecule has 4 rings (SSSR count). The van der Waals surface area contributed by atoms with Crippen LogP contribution in [0, 0.1) is 20.8 Å². The third-order valence-electron chi connectivity index (χ3n) is 5.42. The van der Waals surface area contributed by atoms with Crippen LogP contribution in [0.25, 0.3) is 21.5 Å². The van der Waals surface area contributed by atoms with Crippen LogP contribution in [0.3, 0.4) is 0 Å². The maximum Gasteiger partial charge on any atom is 0.277 e. The molecule has 0 aromatic heterocycles. The zero-order chi connectivity index (χ0) is 21.1. The first-order chi connectivity index (χ1) is 14.5. The number of carbonyl (C=O) groups excluding carboxylic acids is 1. The third kappa shape index (κ3) is 3.90. The number of hydrogen-bond acceptors (Lipinski definition) is 3. The normalized spacial score (nSPS) is 11.3. The van der Waals surface area contributed by atoms with Crippen LogP contribution < -0.4 is 10.2 Å². The maximum absolute atomic E-state index is 12.3. The van der Waals surface area contributed by atoms with Crippen molar-refractivity contribution in [3.8, 4) is 5.75 Å². The van der Waals surface area contributed by atoms with Crippen molar-refractivity contribution in [1.29, 1.82) is 0 Å². The summed E-state index contributed by atoms with van der Waals surface area (Å²) < 4.78 is 5.77. The van der Waals surface area contributed by atoms with Gasteiger partial charge in [0.2, 0.25) is 0 Å². The summed E-state index contributed by atoms with van der Waals surface area (Å²) in [5.41, 5.74) is 6.77. The van der Waals surface area contributed by atoms with Crippen LogP contribution in [0.5, 0.6) is 5.75 Å². The van der Waals surface area contributed by atoms with E-state index in [2.05, 4.69) is 46.9 Å². The molecule has 0 bridgehead atoms. The molecule has 0 saturated heterocycles. The van der Waals surface area contributed by atoms with Gasteiger partial charge in [0.25, 0.3) is 5.91 Å². The van der Waals surface area contributed by atoms with Crippen molar-refractivity contribution in [3.63, 3.8) is 0 Å². The molecule has 0 aliphatic rings. The summed E-state index contributed by atoms with van der Waals surface area (Å²) in [6.07, 6.45) is 1.71. The molecule has 0 fully saturated rings. The molecule has 0 heterocycles. The predicted molar refractivity (Wildman–Crippen MR) is 123 cm³/mol. The summed E-state index contributed by atoms with van der Waals surface area (Å²) in [5.74, 6) is 0.463. The summed E-state index contributed by atoms with van der Waals surface area (Å²) in [4.78, 5) is 12.3. The van der Waals surface area contributed by atoms with Gasteiger partial charge in [0.15, 0.2) is 6.61 Å². The van der Waals surface area contributed by atoms with E-state index in [-0.39, 0.29) is 12.5 Å². The second kappa shape index (κ2) is 8.37. The molecule has 0 atom stereocenters. The number of amides is 1. The van der Waals surface area contributed by atoms with E-state index < -0.39 is 0 Å². The predicted octanol–water partition coefficient (Wildman–Crippen LogP) is 5.45. The number of carbonyl (C=O) groups is 1. The lowest BCUT2D eigenvalue weighted by molar-refractivity contribution is -0.123. The fourth-order valence-electron chi connectivity index (χ4n) is 3.67. The molecule has 1 amide bonds. The van der Waals surface area contributed by atoms with Crippen molar-refractivity contribution in [2.24, 2.45) is 5.10 Å². The van der Waals surface area contributed by atoms with Gasteiger partial charge in [0, 0.05) is 5.56 Å². The highest BCUT2D eigenvalue weighted by Crippen LogP contribution is 2.27. The summed E-state index contributed by atoms with van der Waals surface area (Å²) in [6.45, 7) is 5.92. The van der Waals surface area contributed by atoms with Crippen molar-refractivity contribution in [2.45, 2.75) is 20.8 Å². The van der Waals surface area contributed by atoms with Crippen molar-refractivity contribution in [1.82, 2.24) is 5.43 Å². The quantitative estimate of drug-likeness (QED) is 0.277. The number of ether oxygens (including phenoxy) is 1. The van der Waals surface area contributed by atoms with E-state index in [0.717, 1.165) is 49.5 Å². The van der Waals surface area contributed by atoms with Crippen molar-refractivity contribution >= 4 is 33.7 Å². The molecule has 4 aromatic rings.